The van der Waals surface area contributed by atoms with Gasteiger partial charge in [-0.15, -0.1) is 0 Å². The van der Waals surface area contributed by atoms with Crippen LogP contribution < -0.4 is 9.62 Å². The van der Waals surface area contributed by atoms with Gasteiger partial charge in [-0.3, -0.25) is 9.10 Å². The molecule has 4 rings (SSSR count). The Morgan fingerprint density at radius 3 is 2.31 bits per heavy atom. The largest absolute Gasteiger partial charge is 0.465 e. The molecule has 0 saturated heterocycles. The van der Waals surface area contributed by atoms with Gasteiger partial charge in [0, 0.05) is 6.54 Å². The molecule has 0 aliphatic carbocycles. The molecule has 0 radical (unpaired) electrons. The Hall–Kier alpha value is -4.71. The summed E-state index contributed by atoms with van der Waals surface area (Å²) < 4.78 is 42.3. The first-order chi connectivity index (χ1) is 18.6. The zero-order valence-corrected chi connectivity index (χ0v) is 21.8. The fourth-order valence-corrected chi connectivity index (χ4v) is 5.60. The monoisotopic (exact) mass is 552 g/mol. The number of anilines is 2. The van der Waals surface area contributed by atoms with E-state index >= 15 is 0 Å². The number of hydrogen-bond donors (Lipinski definition) is 1. The zero-order chi connectivity index (χ0) is 28.2. The van der Waals surface area contributed by atoms with Crippen molar-refractivity contribution in [1.29, 1.82) is 0 Å². The minimum absolute atomic E-state index is 0.0359. The Morgan fingerprint density at radius 1 is 0.846 bits per heavy atom. The maximum absolute atomic E-state index is 13.3. The first kappa shape index (κ1) is 27.3. The zero-order valence-electron chi connectivity index (χ0n) is 21.0. The lowest BCUT2D eigenvalue weighted by Crippen LogP contribution is -2.29. The van der Waals surface area contributed by atoms with E-state index < -0.39 is 40.4 Å². The molecule has 0 atom stereocenters. The predicted molar refractivity (Wildman–Crippen MR) is 139 cm³/mol. The number of carbonyl (C=O) groups is 4. The molecule has 0 fully saturated rings. The van der Waals surface area contributed by atoms with Crippen LogP contribution in [-0.4, -0.2) is 59.6 Å². The SMILES string of the molecule is COC(=O)c1ccc(C(=O)OC)c(NC(=O)COC(=O)c2cccc(S(=O)(=O)N3CCc4ccccc43)c2)c1. The van der Waals surface area contributed by atoms with E-state index in [4.69, 9.17) is 9.47 Å². The Bertz CT molecular complexity index is 1570. The van der Waals surface area contributed by atoms with Crippen LogP contribution in [0.1, 0.15) is 36.6 Å². The number of hydrogen-bond acceptors (Lipinski definition) is 9. The standard InChI is InChI=1S/C27H24N2O9S/c1-36-25(31)19-10-11-21(27(33)37-2)22(15-19)28-24(30)16-38-26(32)18-7-5-8-20(14-18)39(34,35)29-13-12-17-6-3-4-9-23(17)29/h3-11,14-15H,12-13,16H2,1-2H3,(H,28,30). The normalized spacial score (nSPS) is 12.3. The van der Waals surface area contributed by atoms with E-state index in [-0.39, 0.29) is 33.8 Å². The van der Waals surface area contributed by atoms with E-state index in [9.17, 15) is 27.6 Å². The summed E-state index contributed by atoms with van der Waals surface area (Å²) in [4.78, 5) is 49.0. The van der Waals surface area contributed by atoms with Crippen LogP contribution in [0, 0.1) is 0 Å². The van der Waals surface area contributed by atoms with Gasteiger partial charge in [0.05, 0.1) is 47.2 Å². The van der Waals surface area contributed by atoms with Crippen LogP contribution in [0.4, 0.5) is 11.4 Å². The second kappa shape index (κ2) is 11.4. The summed E-state index contributed by atoms with van der Waals surface area (Å²) in [6, 6.07) is 16.4. The van der Waals surface area contributed by atoms with Crippen molar-refractivity contribution in [1.82, 2.24) is 0 Å². The molecule has 0 bridgehead atoms. The summed E-state index contributed by atoms with van der Waals surface area (Å²) >= 11 is 0. The minimum Gasteiger partial charge on any atom is -0.465 e. The first-order valence-electron chi connectivity index (χ1n) is 11.6. The van der Waals surface area contributed by atoms with Gasteiger partial charge in [0.1, 0.15) is 0 Å². The number of sulfonamides is 1. The number of esters is 3. The number of para-hydroxylation sites is 1. The molecule has 1 N–H and O–H groups in total. The first-order valence-corrected chi connectivity index (χ1v) is 13.1. The number of benzene rings is 3. The van der Waals surface area contributed by atoms with Gasteiger partial charge in [-0.1, -0.05) is 24.3 Å². The number of ether oxygens (including phenoxy) is 3. The topological polar surface area (TPSA) is 145 Å². The van der Waals surface area contributed by atoms with Crippen LogP contribution in [-0.2, 0) is 35.4 Å². The number of nitrogens with zero attached hydrogens (tertiary/aromatic N) is 1. The Kier molecular flexibility index (Phi) is 7.96. The number of amides is 1. The van der Waals surface area contributed by atoms with Crippen LogP contribution >= 0.6 is 0 Å². The van der Waals surface area contributed by atoms with Crippen molar-refractivity contribution < 1.29 is 41.8 Å². The number of methoxy groups -OCH3 is 2. The van der Waals surface area contributed by atoms with Crippen LogP contribution in [0.3, 0.4) is 0 Å². The second-order valence-corrected chi connectivity index (χ2v) is 10.2. The van der Waals surface area contributed by atoms with Crippen molar-refractivity contribution in [3.8, 4) is 0 Å². The minimum atomic E-state index is -3.94. The summed E-state index contributed by atoms with van der Waals surface area (Å²) in [5.74, 6) is -3.20. The summed E-state index contributed by atoms with van der Waals surface area (Å²) in [5.41, 5.74) is 1.41. The molecule has 0 saturated carbocycles. The molecule has 0 unspecified atom stereocenters. The molecule has 0 aromatic heterocycles. The van der Waals surface area contributed by atoms with E-state index in [1.807, 2.05) is 12.1 Å². The van der Waals surface area contributed by atoms with Crippen molar-refractivity contribution in [3.05, 3.63) is 89.0 Å². The third kappa shape index (κ3) is 5.75. The molecule has 1 heterocycles. The lowest BCUT2D eigenvalue weighted by molar-refractivity contribution is -0.119. The Morgan fingerprint density at radius 2 is 1.56 bits per heavy atom. The average Bonchev–Trinajstić information content (AvgIpc) is 3.40. The predicted octanol–water partition coefficient (Wildman–Crippen LogP) is 2.81. The fourth-order valence-electron chi connectivity index (χ4n) is 4.05. The van der Waals surface area contributed by atoms with Crippen molar-refractivity contribution in [2.75, 3.05) is 37.0 Å². The number of rotatable bonds is 8. The maximum Gasteiger partial charge on any atom is 0.339 e. The molecular weight excluding hydrogens is 528 g/mol. The van der Waals surface area contributed by atoms with Gasteiger partial charge < -0.3 is 19.5 Å². The van der Waals surface area contributed by atoms with Crippen LogP contribution in [0.25, 0.3) is 0 Å². The van der Waals surface area contributed by atoms with E-state index in [0.717, 1.165) is 12.7 Å². The molecule has 1 aliphatic heterocycles. The van der Waals surface area contributed by atoms with Gasteiger partial charge >= 0.3 is 17.9 Å². The van der Waals surface area contributed by atoms with E-state index in [2.05, 4.69) is 10.1 Å². The molecule has 39 heavy (non-hydrogen) atoms. The Balaban J connectivity index is 1.46. The highest BCUT2D eigenvalue weighted by Crippen LogP contribution is 2.32. The van der Waals surface area contributed by atoms with Crippen LogP contribution in [0.2, 0.25) is 0 Å². The second-order valence-electron chi connectivity index (χ2n) is 8.35. The van der Waals surface area contributed by atoms with Crippen molar-refractivity contribution in [2.45, 2.75) is 11.3 Å². The molecule has 11 nitrogen and oxygen atoms in total. The van der Waals surface area contributed by atoms with E-state index in [1.165, 1.54) is 53.9 Å². The van der Waals surface area contributed by atoms with Crippen molar-refractivity contribution in [3.63, 3.8) is 0 Å². The quantitative estimate of drug-likeness (QED) is 0.329. The van der Waals surface area contributed by atoms with Gasteiger partial charge in [-0.25, -0.2) is 22.8 Å². The Labute approximate surface area is 224 Å². The highest BCUT2D eigenvalue weighted by Gasteiger charge is 2.31. The smallest absolute Gasteiger partial charge is 0.339 e. The van der Waals surface area contributed by atoms with E-state index in [0.29, 0.717) is 12.1 Å². The lowest BCUT2D eigenvalue weighted by atomic mass is 10.1. The van der Waals surface area contributed by atoms with Gasteiger partial charge in [0.15, 0.2) is 6.61 Å². The summed E-state index contributed by atoms with van der Waals surface area (Å²) in [6.07, 6.45) is 0.576. The molecule has 3 aromatic rings. The molecule has 1 aliphatic rings. The molecular formula is C27H24N2O9S. The molecule has 12 heteroatoms. The van der Waals surface area contributed by atoms with Gasteiger partial charge in [-0.05, 0) is 54.4 Å². The number of fused-ring (bicyclic) bond motifs is 1. The van der Waals surface area contributed by atoms with Gasteiger partial charge in [0.2, 0.25) is 0 Å². The number of carbonyl (C=O) groups excluding carboxylic acids is 4. The average molecular weight is 553 g/mol. The maximum atomic E-state index is 13.3. The van der Waals surface area contributed by atoms with E-state index in [1.54, 1.807) is 12.1 Å². The molecule has 202 valence electrons. The highest BCUT2D eigenvalue weighted by atomic mass is 32.2. The lowest BCUT2D eigenvalue weighted by Gasteiger charge is -2.19. The third-order valence-electron chi connectivity index (χ3n) is 5.96. The van der Waals surface area contributed by atoms with Crippen molar-refractivity contribution in [2.24, 2.45) is 0 Å². The summed E-state index contributed by atoms with van der Waals surface area (Å²) in [5, 5.41) is 2.41. The molecule has 1 amide bonds. The molecule has 3 aromatic carbocycles. The van der Waals surface area contributed by atoms with Crippen LogP contribution in [0.15, 0.2) is 71.6 Å². The van der Waals surface area contributed by atoms with Crippen LogP contribution in [0.5, 0.6) is 0 Å². The summed E-state index contributed by atoms with van der Waals surface area (Å²) in [7, 11) is -1.61. The van der Waals surface area contributed by atoms with Gasteiger partial charge in [-0.2, -0.15) is 0 Å². The van der Waals surface area contributed by atoms with Crippen molar-refractivity contribution >= 4 is 45.2 Å². The van der Waals surface area contributed by atoms with Gasteiger partial charge in [0.25, 0.3) is 15.9 Å². The fraction of sp³-hybridized carbons (Fsp3) is 0.185. The summed E-state index contributed by atoms with van der Waals surface area (Å²) in [6.45, 7) is -0.473. The highest BCUT2D eigenvalue weighted by molar-refractivity contribution is 7.92. The third-order valence-corrected chi connectivity index (χ3v) is 7.77. The number of nitrogens with one attached hydrogen (secondary N) is 1. The molecule has 0 spiro atoms.